The number of fused-ring (bicyclic) bond motifs is 3. The van der Waals surface area contributed by atoms with Crippen LogP contribution in [0.25, 0.3) is 38.6 Å². The van der Waals surface area contributed by atoms with E-state index in [1.54, 1.807) is 11.8 Å². The molecule has 0 atom stereocenters. The average Bonchev–Trinajstić information content (AvgIpc) is 3.09. The largest absolute Gasteiger partial charge is 0.505 e. The summed E-state index contributed by atoms with van der Waals surface area (Å²) in [6, 6.07) is 29.1. The van der Waals surface area contributed by atoms with Crippen molar-refractivity contribution in [3.8, 4) is 22.6 Å². The number of thioether (sulfide) groups is 1. The lowest BCUT2D eigenvalue weighted by atomic mass is 10.0. The van der Waals surface area contributed by atoms with Crippen LogP contribution >= 0.6 is 11.8 Å². The minimum absolute atomic E-state index is 0.309. The first-order valence-electron chi connectivity index (χ1n) is 9.64. The van der Waals surface area contributed by atoms with Gasteiger partial charge in [-0.05, 0) is 54.6 Å². The lowest BCUT2D eigenvalue weighted by Crippen LogP contribution is -1.97. The van der Waals surface area contributed by atoms with Gasteiger partial charge in [0.1, 0.15) is 5.75 Å². The van der Waals surface area contributed by atoms with Gasteiger partial charge in [-0.25, -0.2) is 0 Å². The summed E-state index contributed by atoms with van der Waals surface area (Å²) in [5.74, 6) is 0.309. The molecule has 3 heteroatoms. The van der Waals surface area contributed by atoms with Gasteiger partial charge in [0.2, 0.25) is 0 Å². The standard InChI is InChI=1S/C26H21NOS/c1-17-15-21(20-11-5-8-14-25(20)29-2)26(28)24(16-17)27-22-12-6-3-9-18(22)19-10-4-7-13-23(19)27/h3-16,28H,1-2H3. The number of benzene rings is 4. The maximum absolute atomic E-state index is 11.4. The summed E-state index contributed by atoms with van der Waals surface area (Å²) >= 11 is 1.70. The molecule has 4 aromatic carbocycles. The zero-order valence-electron chi connectivity index (χ0n) is 16.4. The van der Waals surface area contributed by atoms with Gasteiger partial charge in [0.15, 0.2) is 0 Å². The summed E-state index contributed by atoms with van der Waals surface area (Å²) in [5, 5.41) is 13.8. The second-order valence-electron chi connectivity index (χ2n) is 7.25. The third-order valence-corrected chi connectivity index (χ3v) is 6.25. The number of rotatable bonds is 3. The number of phenolic OH excluding ortho intramolecular Hbond substituents is 1. The summed E-state index contributed by atoms with van der Waals surface area (Å²) in [6.07, 6.45) is 2.07. The topological polar surface area (TPSA) is 25.2 Å². The van der Waals surface area contributed by atoms with E-state index >= 15 is 0 Å². The third-order valence-electron chi connectivity index (χ3n) is 5.45. The predicted octanol–water partition coefficient (Wildman–Crippen LogP) is 7.19. The molecule has 0 unspecified atom stereocenters. The number of aryl methyl sites for hydroxylation is 1. The molecule has 142 valence electrons. The fourth-order valence-electron chi connectivity index (χ4n) is 4.18. The maximum Gasteiger partial charge on any atom is 0.147 e. The SMILES string of the molecule is CSc1ccccc1-c1cc(C)cc(-n2c3ccccc3c3ccccc32)c1O. The van der Waals surface area contributed by atoms with E-state index in [2.05, 4.69) is 90.5 Å². The van der Waals surface area contributed by atoms with E-state index < -0.39 is 0 Å². The normalized spacial score (nSPS) is 11.4. The minimum Gasteiger partial charge on any atom is -0.505 e. The van der Waals surface area contributed by atoms with Crippen molar-refractivity contribution < 1.29 is 5.11 Å². The zero-order valence-corrected chi connectivity index (χ0v) is 17.2. The third kappa shape index (κ3) is 2.81. The molecule has 0 fully saturated rings. The number of hydrogen-bond acceptors (Lipinski definition) is 2. The van der Waals surface area contributed by atoms with Gasteiger partial charge in [-0.15, -0.1) is 11.8 Å². The number of aromatic nitrogens is 1. The first-order valence-corrected chi connectivity index (χ1v) is 10.9. The molecule has 0 radical (unpaired) electrons. The molecule has 5 rings (SSSR count). The van der Waals surface area contributed by atoms with E-state index in [0.717, 1.165) is 38.3 Å². The van der Waals surface area contributed by atoms with Crippen LogP contribution in [0.3, 0.4) is 0 Å². The molecule has 0 amide bonds. The van der Waals surface area contributed by atoms with Gasteiger partial charge in [0, 0.05) is 21.2 Å². The van der Waals surface area contributed by atoms with Crippen molar-refractivity contribution in [2.45, 2.75) is 11.8 Å². The molecule has 1 heterocycles. The van der Waals surface area contributed by atoms with Crippen molar-refractivity contribution in [1.82, 2.24) is 4.57 Å². The molecule has 0 aliphatic carbocycles. The molecule has 0 aliphatic rings. The Morgan fingerprint density at radius 2 is 1.31 bits per heavy atom. The predicted molar refractivity (Wildman–Crippen MR) is 124 cm³/mol. The first kappa shape index (κ1) is 17.9. The van der Waals surface area contributed by atoms with Crippen molar-refractivity contribution in [3.05, 3.63) is 90.5 Å². The molecule has 0 aliphatic heterocycles. The van der Waals surface area contributed by atoms with Crippen LogP contribution in [0.15, 0.2) is 89.8 Å². The van der Waals surface area contributed by atoms with Crippen molar-refractivity contribution in [1.29, 1.82) is 0 Å². The van der Waals surface area contributed by atoms with E-state index in [4.69, 9.17) is 0 Å². The molecule has 1 aromatic heterocycles. The Kier molecular flexibility index (Phi) is 4.33. The lowest BCUT2D eigenvalue weighted by Gasteiger charge is -2.16. The average molecular weight is 396 g/mol. The van der Waals surface area contributed by atoms with Crippen LogP contribution in [0.5, 0.6) is 5.75 Å². The van der Waals surface area contributed by atoms with Crippen LogP contribution in [0.2, 0.25) is 0 Å². The molecule has 0 spiro atoms. The van der Waals surface area contributed by atoms with Gasteiger partial charge in [-0.2, -0.15) is 0 Å². The van der Waals surface area contributed by atoms with Crippen LogP contribution in [0, 0.1) is 6.92 Å². The highest BCUT2D eigenvalue weighted by Gasteiger charge is 2.18. The van der Waals surface area contributed by atoms with Crippen molar-refractivity contribution >= 4 is 33.6 Å². The van der Waals surface area contributed by atoms with Crippen molar-refractivity contribution in [3.63, 3.8) is 0 Å². The fraction of sp³-hybridized carbons (Fsp3) is 0.0769. The van der Waals surface area contributed by atoms with E-state index in [-0.39, 0.29) is 0 Å². The lowest BCUT2D eigenvalue weighted by molar-refractivity contribution is 0.475. The molecular formula is C26H21NOS. The Bertz CT molecular complexity index is 1310. The minimum atomic E-state index is 0.309. The number of para-hydroxylation sites is 2. The van der Waals surface area contributed by atoms with Crippen molar-refractivity contribution in [2.24, 2.45) is 0 Å². The van der Waals surface area contributed by atoms with Gasteiger partial charge in [0.25, 0.3) is 0 Å². The molecule has 0 saturated carbocycles. The monoisotopic (exact) mass is 395 g/mol. The summed E-state index contributed by atoms with van der Waals surface area (Å²) in [7, 11) is 0. The van der Waals surface area contributed by atoms with Crippen molar-refractivity contribution in [2.75, 3.05) is 6.26 Å². The van der Waals surface area contributed by atoms with Gasteiger partial charge in [-0.1, -0.05) is 54.6 Å². The summed E-state index contributed by atoms with van der Waals surface area (Å²) in [5.41, 5.74) is 6.05. The van der Waals surface area contributed by atoms with Crippen LogP contribution < -0.4 is 0 Å². The Hall–Kier alpha value is -3.17. The Morgan fingerprint density at radius 1 is 0.724 bits per heavy atom. The summed E-state index contributed by atoms with van der Waals surface area (Å²) < 4.78 is 2.18. The highest BCUT2D eigenvalue weighted by Crippen LogP contribution is 2.42. The highest BCUT2D eigenvalue weighted by atomic mass is 32.2. The number of nitrogens with zero attached hydrogens (tertiary/aromatic N) is 1. The molecule has 0 bridgehead atoms. The molecule has 5 aromatic rings. The number of hydrogen-bond donors (Lipinski definition) is 1. The van der Waals surface area contributed by atoms with E-state index in [1.165, 1.54) is 10.8 Å². The van der Waals surface area contributed by atoms with Crippen LogP contribution in [-0.4, -0.2) is 15.9 Å². The second-order valence-corrected chi connectivity index (χ2v) is 8.10. The fourth-order valence-corrected chi connectivity index (χ4v) is 4.80. The van der Waals surface area contributed by atoms with Gasteiger partial charge in [0.05, 0.1) is 16.7 Å². The van der Waals surface area contributed by atoms with E-state index in [9.17, 15) is 5.11 Å². The van der Waals surface area contributed by atoms with Crippen LogP contribution in [0.4, 0.5) is 0 Å². The Morgan fingerprint density at radius 3 is 1.97 bits per heavy atom. The van der Waals surface area contributed by atoms with Gasteiger partial charge >= 0.3 is 0 Å². The summed E-state index contributed by atoms with van der Waals surface area (Å²) in [6.45, 7) is 2.09. The Balaban J connectivity index is 1.88. The van der Waals surface area contributed by atoms with Gasteiger partial charge in [-0.3, -0.25) is 0 Å². The molecule has 0 saturated heterocycles. The molecule has 1 N–H and O–H groups in total. The van der Waals surface area contributed by atoms with Crippen LogP contribution in [0.1, 0.15) is 5.56 Å². The molecule has 29 heavy (non-hydrogen) atoms. The Labute approximate surface area is 174 Å². The summed E-state index contributed by atoms with van der Waals surface area (Å²) in [4.78, 5) is 1.15. The smallest absolute Gasteiger partial charge is 0.147 e. The zero-order chi connectivity index (χ0) is 20.0. The number of phenols is 1. The second kappa shape index (κ2) is 7.02. The number of aromatic hydroxyl groups is 1. The molecular weight excluding hydrogens is 374 g/mol. The maximum atomic E-state index is 11.4. The molecule has 2 nitrogen and oxygen atoms in total. The quantitative estimate of drug-likeness (QED) is 0.327. The van der Waals surface area contributed by atoms with E-state index in [1.807, 2.05) is 12.1 Å². The van der Waals surface area contributed by atoms with Gasteiger partial charge < -0.3 is 9.67 Å². The first-order chi connectivity index (χ1) is 14.2. The highest BCUT2D eigenvalue weighted by molar-refractivity contribution is 7.98. The van der Waals surface area contributed by atoms with E-state index in [0.29, 0.717) is 5.75 Å². The van der Waals surface area contributed by atoms with Crippen LogP contribution in [-0.2, 0) is 0 Å².